The van der Waals surface area contributed by atoms with Gasteiger partial charge in [0, 0.05) is 12.5 Å². The van der Waals surface area contributed by atoms with Crippen LogP contribution >= 0.6 is 0 Å². The molecule has 16 heavy (non-hydrogen) atoms. The number of rotatable bonds is 3. The van der Waals surface area contributed by atoms with Gasteiger partial charge in [-0.25, -0.2) is 0 Å². The molecule has 2 rings (SSSR count). The van der Waals surface area contributed by atoms with E-state index in [-0.39, 0.29) is 11.6 Å². The number of para-hydroxylation sites is 1. The van der Waals surface area contributed by atoms with Gasteiger partial charge in [0.05, 0.1) is 0 Å². The molecule has 1 heterocycles. The summed E-state index contributed by atoms with van der Waals surface area (Å²) in [6, 6.07) is 6.70. The maximum atomic E-state index is 6.02. The van der Waals surface area contributed by atoms with Gasteiger partial charge >= 0.3 is 0 Å². The van der Waals surface area contributed by atoms with Gasteiger partial charge in [0.1, 0.15) is 11.4 Å². The van der Waals surface area contributed by atoms with Gasteiger partial charge in [-0.15, -0.1) is 0 Å². The molecule has 0 fully saturated rings. The molecule has 0 radical (unpaired) electrons. The topological polar surface area (TPSA) is 35.2 Å². The molecule has 1 atom stereocenters. The molecule has 1 aromatic rings. The average Bonchev–Trinajstić information content (AvgIpc) is 2.48. The molecule has 0 bridgehead atoms. The van der Waals surface area contributed by atoms with Gasteiger partial charge < -0.3 is 10.5 Å². The van der Waals surface area contributed by atoms with E-state index in [9.17, 15) is 0 Å². The number of ether oxygens (including phenoxy) is 1. The first-order chi connectivity index (χ1) is 7.48. The molecule has 2 heteroatoms. The standard InChI is InChI=1S/C14H21NO/c1-10(15)7-8-11-5-4-6-12-9-14(2,3)16-13(11)12/h4-6,10H,7-9,15H2,1-3H3. The van der Waals surface area contributed by atoms with Crippen LogP contribution in [0.2, 0.25) is 0 Å². The number of fused-ring (bicyclic) bond motifs is 1. The molecule has 1 unspecified atom stereocenters. The highest BCUT2D eigenvalue weighted by atomic mass is 16.5. The molecule has 0 spiro atoms. The Morgan fingerprint density at radius 2 is 2.19 bits per heavy atom. The van der Waals surface area contributed by atoms with Crippen LogP contribution in [0.5, 0.6) is 5.75 Å². The minimum absolute atomic E-state index is 0.0488. The van der Waals surface area contributed by atoms with Crippen molar-refractivity contribution in [1.29, 1.82) is 0 Å². The summed E-state index contributed by atoms with van der Waals surface area (Å²) in [5.41, 5.74) is 8.39. The highest BCUT2D eigenvalue weighted by molar-refractivity contribution is 5.45. The zero-order valence-electron chi connectivity index (χ0n) is 10.4. The molecule has 0 amide bonds. The van der Waals surface area contributed by atoms with Crippen LogP contribution in [0.4, 0.5) is 0 Å². The smallest absolute Gasteiger partial charge is 0.126 e. The normalized spacial score (nSPS) is 19.0. The molecular weight excluding hydrogens is 198 g/mol. The predicted molar refractivity (Wildman–Crippen MR) is 66.8 cm³/mol. The average molecular weight is 219 g/mol. The van der Waals surface area contributed by atoms with Gasteiger partial charge in [-0.05, 0) is 44.7 Å². The Bertz CT molecular complexity index is 382. The predicted octanol–water partition coefficient (Wildman–Crippen LogP) is 2.68. The van der Waals surface area contributed by atoms with E-state index in [1.54, 1.807) is 0 Å². The Kier molecular flexibility index (Phi) is 2.94. The quantitative estimate of drug-likeness (QED) is 0.848. The molecule has 0 saturated carbocycles. The summed E-state index contributed by atoms with van der Waals surface area (Å²) in [6.45, 7) is 6.33. The summed E-state index contributed by atoms with van der Waals surface area (Å²) in [5, 5.41) is 0. The van der Waals surface area contributed by atoms with E-state index in [0.29, 0.717) is 0 Å². The van der Waals surface area contributed by atoms with Crippen molar-refractivity contribution >= 4 is 0 Å². The van der Waals surface area contributed by atoms with Crippen LogP contribution in [-0.2, 0) is 12.8 Å². The molecule has 88 valence electrons. The van der Waals surface area contributed by atoms with Gasteiger partial charge in [0.15, 0.2) is 0 Å². The third kappa shape index (κ3) is 2.38. The number of benzene rings is 1. The van der Waals surface area contributed by atoms with Crippen molar-refractivity contribution in [2.45, 2.75) is 51.7 Å². The Labute approximate surface area is 97.8 Å². The maximum Gasteiger partial charge on any atom is 0.126 e. The summed E-state index contributed by atoms with van der Waals surface area (Å²) in [6.07, 6.45) is 3.03. The summed E-state index contributed by atoms with van der Waals surface area (Å²) >= 11 is 0. The number of hydrogen-bond donors (Lipinski definition) is 1. The van der Waals surface area contributed by atoms with E-state index in [2.05, 4.69) is 32.0 Å². The highest BCUT2D eigenvalue weighted by Gasteiger charge is 2.31. The van der Waals surface area contributed by atoms with Crippen molar-refractivity contribution in [2.24, 2.45) is 5.73 Å². The van der Waals surface area contributed by atoms with Gasteiger partial charge in [0.2, 0.25) is 0 Å². The van der Waals surface area contributed by atoms with Crippen molar-refractivity contribution in [3.8, 4) is 5.75 Å². The summed E-state index contributed by atoms with van der Waals surface area (Å²) in [7, 11) is 0. The fourth-order valence-corrected chi connectivity index (χ4v) is 2.26. The second-order valence-electron chi connectivity index (χ2n) is 5.46. The van der Waals surface area contributed by atoms with Gasteiger partial charge in [-0.1, -0.05) is 18.2 Å². The van der Waals surface area contributed by atoms with Gasteiger partial charge in [-0.2, -0.15) is 0 Å². The number of aryl methyl sites for hydroxylation is 1. The Balaban J connectivity index is 2.20. The first-order valence-corrected chi connectivity index (χ1v) is 6.03. The number of nitrogens with two attached hydrogens (primary N) is 1. The van der Waals surface area contributed by atoms with E-state index in [1.165, 1.54) is 11.1 Å². The lowest BCUT2D eigenvalue weighted by Gasteiger charge is -2.18. The zero-order chi connectivity index (χ0) is 11.8. The van der Waals surface area contributed by atoms with E-state index in [0.717, 1.165) is 25.0 Å². The second kappa shape index (κ2) is 4.10. The minimum Gasteiger partial charge on any atom is -0.487 e. The van der Waals surface area contributed by atoms with E-state index in [4.69, 9.17) is 10.5 Å². The van der Waals surface area contributed by atoms with Crippen LogP contribution in [-0.4, -0.2) is 11.6 Å². The Hall–Kier alpha value is -1.02. The van der Waals surface area contributed by atoms with Crippen LogP contribution in [0.25, 0.3) is 0 Å². The van der Waals surface area contributed by atoms with E-state index in [1.807, 2.05) is 6.92 Å². The third-order valence-corrected chi connectivity index (χ3v) is 3.04. The Morgan fingerprint density at radius 3 is 2.88 bits per heavy atom. The van der Waals surface area contributed by atoms with Crippen LogP contribution in [0, 0.1) is 0 Å². The third-order valence-electron chi connectivity index (χ3n) is 3.04. The van der Waals surface area contributed by atoms with Crippen LogP contribution < -0.4 is 10.5 Å². The molecule has 1 aliphatic heterocycles. The van der Waals surface area contributed by atoms with Crippen molar-refractivity contribution in [2.75, 3.05) is 0 Å². The molecule has 1 aromatic carbocycles. The van der Waals surface area contributed by atoms with Crippen LogP contribution in [0.3, 0.4) is 0 Å². The molecule has 1 aliphatic rings. The number of hydrogen-bond acceptors (Lipinski definition) is 2. The van der Waals surface area contributed by atoms with Crippen LogP contribution in [0.15, 0.2) is 18.2 Å². The summed E-state index contributed by atoms with van der Waals surface area (Å²) in [5.74, 6) is 1.10. The first-order valence-electron chi connectivity index (χ1n) is 6.03. The maximum absolute atomic E-state index is 6.02. The monoisotopic (exact) mass is 219 g/mol. The minimum atomic E-state index is -0.0488. The van der Waals surface area contributed by atoms with Crippen molar-refractivity contribution in [1.82, 2.24) is 0 Å². The fraction of sp³-hybridized carbons (Fsp3) is 0.571. The van der Waals surface area contributed by atoms with E-state index >= 15 is 0 Å². The van der Waals surface area contributed by atoms with Crippen molar-refractivity contribution in [3.63, 3.8) is 0 Å². The molecule has 2 N–H and O–H groups in total. The lowest BCUT2D eigenvalue weighted by molar-refractivity contribution is 0.137. The Morgan fingerprint density at radius 1 is 1.44 bits per heavy atom. The fourth-order valence-electron chi connectivity index (χ4n) is 2.26. The van der Waals surface area contributed by atoms with Crippen molar-refractivity contribution < 1.29 is 4.74 Å². The first kappa shape index (κ1) is 11.5. The molecule has 0 aliphatic carbocycles. The highest BCUT2D eigenvalue weighted by Crippen LogP contribution is 2.37. The zero-order valence-corrected chi connectivity index (χ0v) is 10.4. The molecule has 0 aromatic heterocycles. The van der Waals surface area contributed by atoms with Crippen molar-refractivity contribution in [3.05, 3.63) is 29.3 Å². The van der Waals surface area contributed by atoms with Gasteiger partial charge in [-0.3, -0.25) is 0 Å². The SMILES string of the molecule is CC(N)CCc1cccc2c1OC(C)(C)C2. The molecule has 2 nitrogen and oxygen atoms in total. The lowest BCUT2D eigenvalue weighted by atomic mass is 9.98. The lowest BCUT2D eigenvalue weighted by Crippen LogP contribution is -2.25. The summed E-state index contributed by atoms with van der Waals surface area (Å²) < 4.78 is 6.02. The van der Waals surface area contributed by atoms with E-state index < -0.39 is 0 Å². The summed E-state index contributed by atoms with van der Waals surface area (Å²) in [4.78, 5) is 0. The molecular formula is C14H21NO. The second-order valence-corrected chi connectivity index (χ2v) is 5.46. The van der Waals surface area contributed by atoms with Gasteiger partial charge in [0.25, 0.3) is 0 Å². The largest absolute Gasteiger partial charge is 0.487 e. The molecule has 0 saturated heterocycles. The van der Waals surface area contributed by atoms with Crippen LogP contribution in [0.1, 0.15) is 38.3 Å².